The molecule has 0 amide bonds. The van der Waals surface area contributed by atoms with Gasteiger partial charge in [-0.05, 0) is 18.6 Å². The second-order valence-corrected chi connectivity index (χ2v) is 2.52. The Balaban J connectivity index is 2.80. The van der Waals surface area contributed by atoms with Crippen LogP contribution in [0.5, 0.6) is 0 Å². The summed E-state index contributed by atoms with van der Waals surface area (Å²) >= 11 is 0. The molecular formula is C9H11FN2. The lowest BCUT2D eigenvalue weighted by atomic mass is 10.1. The van der Waals surface area contributed by atoms with Crippen LogP contribution in [0, 0.1) is 5.95 Å². The summed E-state index contributed by atoms with van der Waals surface area (Å²) in [5.74, 6) is -0.494. The highest BCUT2D eigenvalue weighted by atomic mass is 19.1. The van der Waals surface area contributed by atoms with Crippen LogP contribution in [0.3, 0.4) is 0 Å². The molecule has 1 aromatic heterocycles. The maximum Gasteiger partial charge on any atom is 0.213 e. The summed E-state index contributed by atoms with van der Waals surface area (Å²) in [7, 11) is 0. The van der Waals surface area contributed by atoms with Crippen molar-refractivity contribution in [3.05, 3.63) is 42.5 Å². The third-order valence-corrected chi connectivity index (χ3v) is 1.54. The fourth-order valence-corrected chi connectivity index (χ4v) is 0.931. The molecule has 64 valence electrons. The van der Waals surface area contributed by atoms with Crippen LogP contribution in [-0.4, -0.2) is 4.98 Å². The molecule has 0 fully saturated rings. The van der Waals surface area contributed by atoms with E-state index in [4.69, 9.17) is 5.73 Å². The number of aromatic nitrogens is 1. The van der Waals surface area contributed by atoms with E-state index < -0.39 is 5.95 Å². The van der Waals surface area contributed by atoms with Crippen LogP contribution < -0.4 is 5.73 Å². The predicted octanol–water partition coefficient (Wildman–Crippen LogP) is 1.80. The molecule has 0 aliphatic rings. The van der Waals surface area contributed by atoms with E-state index in [1.54, 1.807) is 18.2 Å². The van der Waals surface area contributed by atoms with E-state index in [-0.39, 0.29) is 6.04 Å². The molecule has 2 N–H and O–H groups in total. The standard InChI is InChI=1S/C9H11FN2/c1-2-4-7(11)8-5-3-6-9(10)12-8/h2-3,5-7H,1,4,11H2. The molecule has 1 heterocycles. The van der Waals surface area contributed by atoms with Crippen molar-refractivity contribution < 1.29 is 4.39 Å². The first-order valence-electron chi connectivity index (χ1n) is 3.73. The number of rotatable bonds is 3. The largest absolute Gasteiger partial charge is 0.322 e. The Morgan fingerprint density at radius 1 is 1.67 bits per heavy atom. The monoisotopic (exact) mass is 166 g/mol. The van der Waals surface area contributed by atoms with E-state index in [0.29, 0.717) is 12.1 Å². The van der Waals surface area contributed by atoms with E-state index in [9.17, 15) is 4.39 Å². The Morgan fingerprint density at radius 3 is 3.00 bits per heavy atom. The average molecular weight is 166 g/mol. The van der Waals surface area contributed by atoms with Gasteiger partial charge in [-0.2, -0.15) is 4.39 Å². The molecule has 2 nitrogen and oxygen atoms in total. The van der Waals surface area contributed by atoms with Gasteiger partial charge in [-0.25, -0.2) is 4.98 Å². The van der Waals surface area contributed by atoms with Crippen molar-refractivity contribution in [1.82, 2.24) is 4.98 Å². The molecule has 0 saturated carbocycles. The van der Waals surface area contributed by atoms with Crippen LogP contribution in [0.1, 0.15) is 18.2 Å². The normalized spacial score (nSPS) is 12.5. The first-order chi connectivity index (χ1) is 5.74. The number of hydrogen-bond acceptors (Lipinski definition) is 2. The molecule has 0 bridgehead atoms. The van der Waals surface area contributed by atoms with Crippen molar-refractivity contribution in [2.45, 2.75) is 12.5 Å². The SMILES string of the molecule is C=CCC(N)c1cccc(F)n1. The van der Waals surface area contributed by atoms with Crippen molar-refractivity contribution in [3.8, 4) is 0 Å². The first kappa shape index (κ1) is 8.87. The van der Waals surface area contributed by atoms with Gasteiger partial charge < -0.3 is 5.73 Å². The highest BCUT2D eigenvalue weighted by molar-refractivity contribution is 5.09. The lowest BCUT2D eigenvalue weighted by Gasteiger charge is -2.06. The molecular weight excluding hydrogens is 155 g/mol. The van der Waals surface area contributed by atoms with E-state index >= 15 is 0 Å². The summed E-state index contributed by atoms with van der Waals surface area (Å²) in [5, 5.41) is 0. The molecule has 1 aromatic rings. The summed E-state index contributed by atoms with van der Waals surface area (Å²) in [5.41, 5.74) is 6.24. The van der Waals surface area contributed by atoms with E-state index in [1.165, 1.54) is 6.07 Å². The lowest BCUT2D eigenvalue weighted by molar-refractivity contribution is 0.565. The Bertz CT molecular complexity index is 273. The zero-order chi connectivity index (χ0) is 8.97. The third-order valence-electron chi connectivity index (χ3n) is 1.54. The number of halogens is 1. The van der Waals surface area contributed by atoms with Crippen molar-refractivity contribution in [2.75, 3.05) is 0 Å². The first-order valence-corrected chi connectivity index (χ1v) is 3.73. The summed E-state index contributed by atoms with van der Waals surface area (Å²) in [4.78, 5) is 3.65. The van der Waals surface area contributed by atoms with Gasteiger partial charge in [0.1, 0.15) is 0 Å². The summed E-state index contributed by atoms with van der Waals surface area (Å²) in [6, 6.07) is 4.35. The van der Waals surface area contributed by atoms with Crippen LogP contribution >= 0.6 is 0 Å². The number of hydrogen-bond donors (Lipinski definition) is 1. The van der Waals surface area contributed by atoms with Gasteiger partial charge in [0.2, 0.25) is 5.95 Å². The third kappa shape index (κ3) is 2.13. The molecule has 3 heteroatoms. The van der Waals surface area contributed by atoms with E-state index in [1.807, 2.05) is 0 Å². The topological polar surface area (TPSA) is 38.9 Å². The van der Waals surface area contributed by atoms with Gasteiger partial charge in [0, 0.05) is 0 Å². The van der Waals surface area contributed by atoms with Crippen molar-refractivity contribution >= 4 is 0 Å². The summed E-state index contributed by atoms with van der Waals surface area (Å²) < 4.78 is 12.6. The van der Waals surface area contributed by atoms with Crippen molar-refractivity contribution in [1.29, 1.82) is 0 Å². The molecule has 12 heavy (non-hydrogen) atoms. The number of nitrogens with two attached hydrogens (primary N) is 1. The average Bonchev–Trinajstić information content (AvgIpc) is 2.05. The van der Waals surface area contributed by atoms with Gasteiger partial charge in [-0.3, -0.25) is 0 Å². The smallest absolute Gasteiger partial charge is 0.213 e. The molecule has 0 aliphatic carbocycles. The molecule has 1 atom stereocenters. The Kier molecular flexibility index (Phi) is 2.94. The highest BCUT2D eigenvalue weighted by Crippen LogP contribution is 2.11. The van der Waals surface area contributed by atoms with Crippen LogP contribution in [0.25, 0.3) is 0 Å². The fourth-order valence-electron chi connectivity index (χ4n) is 0.931. The Labute approximate surface area is 70.9 Å². The van der Waals surface area contributed by atoms with Gasteiger partial charge in [0.05, 0.1) is 11.7 Å². The van der Waals surface area contributed by atoms with Gasteiger partial charge in [0.25, 0.3) is 0 Å². The minimum atomic E-state index is -0.494. The van der Waals surface area contributed by atoms with E-state index in [2.05, 4.69) is 11.6 Å². The van der Waals surface area contributed by atoms with Gasteiger partial charge in [0.15, 0.2) is 0 Å². The number of pyridine rings is 1. The van der Waals surface area contributed by atoms with Gasteiger partial charge in [-0.1, -0.05) is 12.1 Å². The van der Waals surface area contributed by atoms with Crippen LogP contribution in [0.4, 0.5) is 4.39 Å². The zero-order valence-corrected chi connectivity index (χ0v) is 6.70. The summed E-state index contributed by atoms with van der Waals surface area (Å²) in [6.07, 6.45) is 2.30. The molecule has 1 unspecified atom stereocenters. The van der Waals surface area contributed by atoms with Crippen LogP contribution in [-0.2, 0) is 0 Å². The molecule has 0 spiro atoms. The Hall–Kier alpha value is -1.22. The molecule has 0 saturated heterocycles. The van der Waals surface area contributed by atoms with Crippen LogP contribution in [0.2, 0.25) is 0 Å². The maximum absolute atomic E-state index is 12.6. The minimum Gasteiger partial charge on any atom is -0.322 e. The predicted molar refractivity (Wildman–Crippen MR) is 45.9 cm³/mol. The van der Waals surface area contributed by atoms with Crippen molar-refractivity contribution in [3.63, 3.8) is 0 Å². The Morgan fingerprint density at radius 2 is 2.42 bits per heavy atom. The zero-order valence-electron chi connectivity index (χ0n) is 6.70. The maximum atomic E-state index is 12.6. The van der Waals surface area contributed by atoms with Gasteiger partial charge in [-0.15, -0.1) is 6.58 Å². The fraction of sp³-hybridized carbons (Fsp3) is 0.222. The molecule has 0 radical (unpaired) electrons. The second kappa shape index (κ2) is 3.97. The molecule has 0 aromatic carbocycles. The molecule has 1 rings (SSSR count). The molecule has 0 aliphatic heterocycles. The van der Waals surface area contributed by atoms with E-state index in [0.717, 1.165) is 0 Å². The highest BCUT2D eigenvalue weighted by Gasteiger charge is 2.05. The lowest BCUT2D eigenvalue weighted by Crippen LogP contribution is -2.11. The second-order valence-electron chi connectivity index (χ2n) is 2.52. The van der Waals surface area contributed by atoms with Crippen molar-refractivity contribution in [2.24, 2.45) is 5.73 Å². The number of nitrogens with zero attached hydrogens (tertiary/aromatic N) is 1. The minimum absolute atomic E-state index is 0.252. The van der Waals surface area contributed by atoms with Gasteiger partial charge >= 0.3 is 0 Å². The quantitative estimate of drug-likeness (QED) is 0.549. The van der Waals surface area contributed by atoms with Crippen LogP contribution in [0.15, 0.2) is 30.9 Å². The summed E-state index contributed by atoms with van der Waals surface area (Å²) in [6.45, 7) is 3.55.